The lowest BCUT2D eigenvalue weighted by molar-refractivity contribution is 0.567. The Balaban J connectivity index is 2.27. The molecule has 1 N–H and O–H groups in total. The van der Waals surface area contributed by atoms with Crippen LogP contribution in [0.4, 0.5) is 0 Å². The molecule has 0 saturated carbocycles. The summed E-state index contributed by atoms with van der Waals surface area (Å²) in [4.78, 5) is 1.52. The van der Waals surface area contributed by atoms with Gasteiger partial charge in [0.15, 0.2) is 9.84 Å². The zero-order valence-electron chi connectivity index (χ0n) is 11.8. The molecule has 0 amide bonds. The number of benzene rings is 1. The minimum Gasteiger partial charge on any atom is -0.315 e. The topological polar surface area (TPSA) is 46.2 Å². The molecule has 0 saturated heterocycles. The third-order valence-electron chi connectivity index (χ3n) is 2.64. The highest BCUT2D eigenvalue weighted by atomic mass is 32.2. The lowest BCUT2D eigenvalue weighted by atomic mass is 10.3. The van der Waals surface area contributed by atoms with Crippen molar-refractivity contribution in [1.82, 2.24) is 5.32 Å². The number of sulfone groups is 1. The molecule has 0 heterocycles. The van der Waals surface area contributed by atoms with Crippen molar-refractivity contribution in [1.29, 1.82) is 0 Å². The maximum absolute atomic E-state index is 11.3. The second-order valence-electron chi connectivity index (χ2n) is 4.91. The normalized spacial score (nSPS) is 12.0. The summed E-state index contributed by atoms with van der Waals surface area (Å²) < 4.78 is 22.6. The molecule has 0 bridgehead atoms. The van der Waals surface area contributed by atoms with E-state index in [2.05, 4.69) is 19.2 Å². The van der Waals surface area contributed by atoms with Crippen molar-refractivity contribution >= 4 is 21.6 Å². The molecule has 1 rings (SSSR count). The number of unbranched alkanes of at least 4 members (excludes halogenated alkanes) is 1. The summed E-state index contributed by atoms with van der Waals surface area (Å²) in [5, 5.41) is 3.39. The minimum atomic E-state index is -3.08. The standard InChI is InChI=1S/C14H23NO2S2/c1-12(2)15-10-4-5-11-18-13-6-8-14(9-7-13)19(3,16)17/h6-9,12,15H,4-5,10-11H2,1-3H3. The van der Waals surface area contributed by atoms with Crippen molar-refractivity contribution in [2.75, 3.05) is 18.6 Å². The van der Waals surface area contributed by atoms with Gasteiger partial charge in [-0.3, -0.25) is 0 Å². The molecule has 0 fully saturated rings. The van der Waals surface area contributed by atoms with Gasteiger partial charge in [0, 0.05) is 17.2 Å². The molecule has 3 nitrogen and oxygen atoms in total. The summed E-state index contributed by atoms with van der Waals surface area (Å²) in [6, 6.07) is 7.67. The first-order valence-electron chi connectivity index (χ1n) is 6.56. The fourth-order valence-corrected chi connectivity index (χ4v) is 3.13. The molecule has 0 aliphatic heterocycles. The van der Waals surface area contributed by atoms with Gasteiger partial charge in [-0.15, -0.1) is 11.8 Å². The van der Waals surface area contributed by atoms with Crippen LogP contribution in [-0.4, -0.2) is 33.0 Å². The van der Waals surface area contributed by atoms with E-state index >= 15 is 0 Å². The molecular formula is C14H23NO2S2. The van der Waals surface area contributed by atoms with Gasteiger partial charge in [-0.2, -0.15) is 0 Å². The van der Waals surface area contributed by atoms with Crippen LogP contribution >= 0.6 is 11.8 Å². The largest absolute Gasteiger partial charge is 0.315 e. The first kappa shape index (κ1) is 16.5. The molecule has 0 radical (unpaired) electrons. The van der Waals surface area contributed by atoms with E-state index in [0.717, 1.165) is 23.6 Å². The van der Waals surface area contributed by atoms with Crippen LogP contribution in [0.3, 0.4) is 0 Å². The van der Waals surface area contributed by atoms with Gasteiger partial charge in [0.05, 0.1) is 4.90 Å². The number of hydrogen-bond donors (Lipinski definition) is 1. The second-order valence-corrected chi connectivity index (χ2v) is 8.09. The molecule has 1 aromatic rings. The smallest absolute Gasteiger partial charge is 0.175 e. The number of nitrogens with one attached hydrogen (secondary N) is 1. The molecule has 0 spiro atoms. The minimum absolute atomic E-state index is 0.387. The lowest BCUT2D eigenvalue weighted by Gasteiger charge is -2.07. The quantitative estimate of drug-likeness (QED) is 0.592. The summed E-state index contributed by atoms with van der Waals surface area (Å²) in [5.41, 5.74) is 0. The molecule has 108 valence electrons. The monoisotopic (exact) mass is 301 g/mol. The maximum Gasteiger partial charge on any atom is 0.175 e. The van der Waals surface area contributed by atoms with Crippen LogP contribution in [0.2, 0.25) is 0 Å². The molecule has 0 aromatic heterocycles. The Hall–Kier alpha value is -0.520. The summed E-state index contributed by atoms with van der Waals surface area (Å²) in [6.07, 6.45) is 3.57. The fraction of sp³-hybridized carbons (Fsp3) is 0.571. The SMILES string of the molecule is CC(C)NCCCCSc1ccc(S(C)(=O)=O)cc1. The van der Waals surface area contributed by atoms with Gasteiger partial charge < -0.3 is 5.32 Å². The van der Waals surface area contributed by atoms with Crippen molar-refractivity contribution in [2.45, 2.75) is 42.5 Å². The second kappa shape index (κ2) is 7.92. The summed E-state index contributed by atoms with van der Waals surface area (Å²) in [5.74, 6) is 1.07. The molecular weight excluding hydrogens is 278 g/mol. The van der Waals surface area contributed by atoms with E-state index in [1.807, 2.05) is 12.1 Å². The Labute approximate surface area is 121 Å². The van der Waals surface area contributed by atoms with Crippen LogP contribution in [0, 0.1) is 0 Å². The Kier molecular flexibility index (Phi) is 6.89. The van der Waals surface area contributed by atoms with Crippen LogP contribution in [0.15, 0.2) is 34.1 Å². The third-order valence-corrected chi connectivity index (χ3v) is 4.87. The molecule has 0 aliphatic carbocycles. The Morgan fingerprint density at radius 2 is 1.79 bits per heavy atom. The zero-order valence-corrected chi connectivity index (χ0v) is 13.5. The van der Waals surface area contributed by atoms with E-state index < -0.39 is 9.84 Å². The van der Waals surface area contributed by atoms with Gasteiger partial charge in [0.2, 0.25) is 0 Å². The van der Waals surface area contributed by atoms with Crippen molar-refractivity contribution < 1.29 is 8.42 Å². The van der Waals surface area contributed by atoms with Crippen molar-refractivity contribution in [3.05, 3.63) is 24.3 Å². The molecule has 0 atom stereocenters. The Morgan fingerprint density at radius 1 is 1.16 bits per heavy atom. The van der Waals surface area contributed by atoms with Crippen LogP contribution in [-0.2, 0) is 9.84 Å². The van der Waals surface area contributed by atoms with Gasteiger partial charge in [-0.1, -0.05) is 13.8 Å². The molecule has 0 aliphatic rings. The first-order chi connectivity index (χ1) is 8.89. The molecule has 1 aromatic carbocycles. The average molecular weight is 301 g/mol. The summed E-state index contributed by atoms with van der Waals surface area (Å²) >= 11 is 1.78. The average Bonchev–Trinajstić information content (AvgIpc) is 2.32. The van der Waals surface area contributed by atoms with E-state index in [0.29, 0.717) is 10.9 Å². The van der Waals surface area contributed by atoms with E-state index in [9.17, 15) is 8.42 Å². The highest BCUT2D eigenvalue weighted by molar-refractivity contribution is 7.99. The van der Waals surface area contributed by atoms with E-state index in [1.54, 1.807) is 23.9 Å². The Morgan fingerprint density at radius 3 is 2.32 bits per heavy atom. The number of thioether (sulfide) groups is 1. The number of hydrogen-bond acceptors (Lipinski definition) is 4. The van der Waals surface area contributed by atoms with Gasteiger partial charge in [-0.05, 0) is 49.4 Å². The summed E-state index contributed by atoms with van der Waals surface area (Å²) in [6.45, 7) is 5.36. The van der Waals surface area contributed by atoms with Gasteiger partial charge in [-0.25, -0.2) is 8.42 Å². The Bertz CT molecular complexity index is 467. The predicted octanol–water partition coefficient (Wildman–Crippen LogP) is 2.96. The van der Waals surface area contributed by atoms with Crippen molar-refractivity contribution in [2.24, 2.45) is 0 Å². The molecule has 19 heavy (non-hydrogen) atoms. The highest BCUT2D eigenvalue weighted by Crippen LogP contribution is 2.21. The van der Waals surface area contributed by atoms with Crippen LogP contribution in [0.5, 0.6) is 0 Å². The van der Waals surface area contributed by atoms with Gasteiger partial charge >= 0.3 is 0 Å². The zero-order chi connectivity index (χ0) is 14.3. The lowest BCUT2D eigenvalue weighted by Crippen LogP contribution is -2.23. The van der Waals surface area contributed by atoms with E-state index in [1.165, 1.54) is 12.7 Å². The molecule has 5 heteroatoms. The van der Waals surface area contributed by atoms with Crippen LogP contribution in [0.25, 0.3) is 0 Å². The van der Waals surface area contributed by atoms with Crippen molar-refractivity contribution in [3.8, 4) is 0 Å². The van der Waals surface area contributed by atoms with Crippen molar-refractivity contribution in [3.63, 3.8) is 0 Å². The van der Waals surface area contributed by atoms with E-state index in [-0.39, 0.29) is 0 Å². The fourth-order valence-electron chi connectivity index (χ4n) is 1.59. The number of rotatable bonds is 8. The first-order valence-corrected chi connectivity index (χ1v) is 9.43. The highest BCUT2D eigenvalue weighted by Gasteiger charge is 2.05. The van der Waals surface area contributed by atoms with Gasteiger partial charge in [0.1, 0.15) is 0 Å². The third kappa shape index (κ3) is 6.99. The summed E-state index contributed by atoms with van der Waals surface area (Å²) in [7, 11) is -3.08. The van der Waals surface area contributed by atoms with Crippen LogP contribution < -0.4 is 5.32 Å². The molecule has 0 unspecified atom stereocenters. The maximum atomic E-state index is 11.3. The predicted molar refractivity (Wildman–Crippen MR) is 82.6 cm³/mol. The van der Waals surface area contributed by atoms with Crippen LogP contribution in [0.1, 0.15) is 26.7 Å². The van der Waals surface area contributed by atoms with Gasteiger partial charge in [0.25, 0.3) is 0 Å². The van der Waals surface area contributed by atoms with E-state index in [4.69, 9.17) is 0 Å².